The van der Waals surface area contributed by atoms with Gasteiger partial charge in [-0.25, -0.2) is 0 Å². The average molecular weight is 367 g/mol. The molecule has 0 spiro atoms. The lowest BCUT2D eigenvalue weighted by Crippen LogP contribution is -2.44. The van der Waals surface area contributed by atoms with Crippen LogP contribution >= 0.6 is 0 Å². The minimum Gasteiger partial charge on any atom is -0.377 e. The lowest BCUT2D eigenvalue weighted by atomic mass is 10.0. The predicted molar refractivity (Wildman–Crippen MR) is 97.0 cm³/mol. The zero-order valence-electron chi connectivity index (χ0n) is 15.5. The maximum atomic E-state index is 13.2. The molecule has 1 fully saturated rings. The molecular formula is C19H21N5O3. The second-order valence-electron chi connectivity index (χ2n) is 6.77. The number of amides is 1. The van der Waals surface area contributed by atoms with Gasteiger partial charge in [0, 0.05) is 25.4 Å². The molecule has 3 aromatic rings. The molecule has 0 bridgehead atoms. The average Bonchev–Trinajstić information content (AvgIpc) is 3.32. The Morgan fingerprint density at radius 1 is 1.30 bits per heavy atom. The van der Waals surface area contributed by atoms with Gasteiger partial charge in [0.05, 0.1) is 25.0 Å². The fourth-order valence-corrected chi connectivity index (χ4v) is 3.20. The van der Waals surface area contributed by atoms with Crippen molar-refractivity contribution in [3.05, 3.63) is 53.1 Å². The largest absolute Gasteiger partial charge is 0.377 e. The lowest BCUT2D eigenvalue weighted by Gasteiger charge is -2.34. The van der Waals surface area contributed by atoms with Gasteiger partial charge in [-0.2, -0.15) is 10.1 Å². The number of benzene rings is 1. The van der Waals surface area contributed by atoms with E-state index >= 15 is 0 Å². The number of hydrogen-bond acceptors (Lipinski definition) is 6. The smallest absolute Gasteiger partial charge is 0.261 e. The molecule has 1 atom stereocenters. The van der Waals surface area contributed by atoms with Gasteiger partial charge in [-0.05, 0) is 25.5 Å². The second-order valence-corrected chi connectivity index (χ2v) is 6.77. The van der Waals surface area contributed by atoms with Crippen LogP contribution in [0.4, 0.5) is 0 Å². The lowest BCUT2D eigenvalue weighted by molar-refractivity contribution is -0.00581. The van der Waals surface area contributed by atoms with Crippen LogP contribution in [0.5, 0.6) is 0 Å². The molecule has 4 rings (SSSR count). The summed E-state index contributed by atoms with van der Waals surface area (Å²) in [5, 5.41) is 8.21. The van der Waals surface area contributed by atoms with Gasteiger partial charge in [-0.3, -0.25) is 9.48 Å². The van der Waals surface area contributed by atoms with Crippen molar-refractivity contribution in [2.24, 2.45) is 7.05 Å². The molecule has 8 heteroatoms. The first-order chi connectivity index (χ1) is 13.0. The standard InChI is InChI=1S/C19H21N5O3/c1-12-4-5-13(2)15(8-12)19(25)24-6-7-26-11-16(24)17-21-18(27-22-17)14-9-20-23(3)10-14/h4-5,8-10,16H,6-7,11H2,1-3H3/t16-/m0/s1. The Morgan fingerprint density at radius 3 is 2.93 bits per heavy atom. The molecule has 1 amide bonds. The van der Waals surface area contributed by atoms with Crippen molar-refractivity contribution in [1.82, 2.24) is 24.8 Å². The van der Waals surface area contributed by atoms with Gasteiger partial charge in [0.15, 0.2) is 5.82 Å². The van der Waals surface area contributed by atoms with E-state index in [1.807, 2.05) is 39.1 Å². The topological polar surface area (TPSA) is 86.3 Å². The van der Waals surface area contributed by atoms with Crippen LogP contribution in [0.25, 0.3) is 11.5 Å². The van der Waals surface area contributed by atoms with Crippen molar-refractivity contribution in [1.29, 1.82) is 0 Å². The summed E-state index contributed by atoms with van der Waals surface area (Å²) in [6.45, 7) is 5.22. The number of nitrogens with zero attached hydrogens (tertiary/aromatic N) is 5. The third-order valence-electron chi connectivity index (χ3n) is 4.70. The molecular weight excluding hydrogens is 346 g/mol. The molecule has 8 nitrogen and oxygen atoms in total. The highest BCUT2D eigenvalue weighted by atomic mass is 16.5. The molecule has 1 saturated heterocycles. The first-order valence-corrected chi connectivity index (χ1v) is 8.81. The Kier molecular flexibility index (Phi) is 4.49. The van der Waals surface area contributed by atoms with E-state index in [1.165, 1.54) is 0 Å². The summed E-state index contributed by atoms with van der Waals surface area (Å²) in [5.41, 5.74) is 3.42. The van der Waals surface area contributed by atoms with E-state index in [9.17, 15) is 4.79 Å². The Labute approximate surface area is 156 Å². The Hall–Kier alpha value is -3.00. The van der Waals surface area contributed by atoms with E-state index in [0.717, 1.165) is 16.7 Å². The minimum atomic E-state index is -0.389. The van der Waals surface area contributed by atoms with Crippen LogP contribution in [-0.4, -0.2) is 50.5 Å². The quantitative estimate of drug-likeness (QED) is 0.706. The molecule has 0 N–H and O–H groups in total. The molecule has 2 aromatic heterocycles. The summed E-state index contributed by atoms with van der Waals surface area (Å²) >= 11 is 0. The monoisotopic (exact) mass is 367 g/mol. The van der Waals surface area contributed by atoms with Crippen LogP contribution in [-0.2, 0) is 11.8 Å². The number of rotatable bonds is 3. The van der Waals surface area contributed by atoms with Crippen molar-refractivity contribution in [2.45, 2.75) is 19.9 Å². The number of hydrogen-bond donors (Lipinski definition) is 0. The molecule has 140 valence electrons. The van der Waals surface area contributed by atoms with Crippen LogP contribution in [0.15, 0.2) is 35.1 Å². The molecule has 0 aliphatic carbocycles. The van der Waals surface area contributed by atoms with Gasteiger partial charge in [0.25, 0.3) is 11.8 Å². The Balaban J connectivity index is 1.64. The minimum absolute atomic E-state index is 0.0442. The van der Waals surface area contributed by atoms with Gasteiger partial charge >= 0.3 is 0 Å². The highest BCUT2D eigenvalue weighted by Gasteiger charge is 2.33. The molecule has 1 aromatic carbocycles. The van der Waals surface area contributed by atoms with Crippen molar-refractivity contribution in [3.63, 3.8) is 0 Å². The van der Waals surface area contributed by atoms with E-state index in [-0.39, 0.29) is 11.9 Å². The van der Waals surface area contributed by atoms with Gasteiger partial charge < -0.3 is 14.2 Å². The molecule has 1 aliphatic rings. The molecule has 27 heavy (non-hydrogen) atoms. The van der Waals surface area contributed by atoms with E-state index in [1.54, 1.807) is 22.0 Å². The van der Waals surface area contributed by atoms with Crippen molar-refractivity contribution in [3.8, 4) is 11.5 Å². The van der Waals surface area contributed by atoms with Crippen LogP contribution in [0.1, 0.15) is 33.4 Å². The summed E-state index contributed by atoms with van der Waals surface area (Å²) in [4.78, 5) is 19.5. The molecule has 3 heterocycles. The SMILES string of the molecule is Cc1ccc(C)c(C(=O)N2CCOC[C@H]2c2noc(-c3cnn(C)c3)n2)c1. The Bertz CT molecular complexity index is 977. The number of aryl methyl sites for hydroxylation is 3. The van der Waals surface area contributed by atoms with E-state index in [4.69, 9.17) is 9.26 Å². The summed E-state index contributed by atoms with van der Waals surface area (Å²) in [5.74, 6) is 0.771. The van der Waals surface area contributed by atoms with Gasteiger partial charge in [0.1, 0.15) is 6.04 Å². The third kappa shape index (κ3) is 3.35. The van der Waals surface area contributed by atoms with Gasteiger partial charge in [-0.15, -0.1) is 0 Å². The number of ether oxygens (including phenoxy) is 1. The van der Waals surface area contributed by atoms with E-state index in [2.05, 4.69) is 15.2 Å². The predicted octanol–water partition coefficient (Wildman–Crippen LogP) is 2.30. The van der Waals surface area contributed by atoms with Gasteiger partial charge in [0.2, 0.25) is 0 Å². The third-order valence-corrected chi connectivity index (χ3v) is 4.70. The molecule has 0 radical (unpaired) electrons. The first-order valence-electron chi connectivity index (χ1n) is 8.81. The molecule has 0 saturated carbocycles. The van der Waals surface area contributed by atoms with Crippen LogP contribution < -0.4 is 0 Å². The Morgan fingerprint density at radius 2 is 2.15 bits per heavy atom. The highest BCUT2D eigenvalue weighted by molar-refractivity contribution is 5.96. The fraction of sp³-hybridized carbons (Fsp3) is 0.368. The zero-order chi connectivity index (χ0) is 19.0. The summed E-state index contributed by atoms with van der Waals surface area (Å²) in [6, 6.07) is 5.50. The highest BCUT2D eigenvalue weighted by Crippen LogP contribution is 2.27. The molecule has 0 unspecified atom stereocenters. The maximum absolute atomic E-state index is 13.2. The number of morpholine rings is 1. The van der Waals surface area contributed by atoms with E-state index < -0.39 is 0 Å². The second kappa shape index (κ2) is 6.96. The number of carbonyl (C=O) groups excluding carboxylic acids is 1. The summed E-state index contributed by atoms with van der Waals surface area (Å²) in [6.07, 6.45) is 3.46. The summed E-state index contributed by atoms with van der Waals surface area (Å²) < 4.78 is 12.6. The van der Waals surface area contributed by atoms with Crippen molar-refractivity contribution >= 4 is 5.91 Å². The fourth-order valence-electron chi connectivity index (χ4n) is 3.20. The molecule has 1 aliphatic heterocycles. The van der Waals surface area contributed by atoms with Crippen molar-refractivity contribution in [2.75, 3.05) is 19.8 Å². The van der Waals surface area contributed by atoms with Crippen LogP contribution in [0.2, 0.25) is 0 Å². The van der Waals surface area contributed by atoms with Crippen molar-refractivity contribution < 1.29 is 14.1 Å². The number of carbonyl (C=O) groups is 1. The number of aromatic nitrogens is 4. The maximum Gasteiger partial charge on any atom is 0.261 e. The normalized spacial score (nSPS) is 17.3. The zero-order valence-corrected chi connectivity index (χ0v) is 15.5. The first kappa shape index (κ1) is 17.4. The van der Waals surface area contributed by atoms with E-state index in [0.29, 0.717) is 37.0 Å². The van der Waals surface area contributed by atoms with Crippen LogP contribution in [0, 0.1) is 13.8 Å². The van der Waals surface area contributed by atoms with Gasteiger partial charge in [-0.1, -0.05) is 22.9 Å². The summed E-state index contributed by atoms with van der Waals surface area (Å²) in [7, 11) is 1.82. The van der Waals surface area contributed by atoms with Crippen LogP contribution in [0.3, 0.4) is 0 Å².